The number of anilines is 1. The lowest BCUT2D eigenvalue weighted by molar-refractivity contribution is 0.587. The molecule has 2 aromatic rings. The molecule has 0 saturated carbocycles. The van der Waals surface area contributed by atoms with E-state index in [9.17, 15) is 0 Å². The molecule has 1 N–H and O–H groups in total. The fourth-order valence-electron chi connectivity index (χ4n) is 2.71. The summed E-state index contributed by atoms with van der Waals surface area (Å²) in [5.74, 6) is 1.61. The highest BCUT2D eigenvalue weighted by molar-refractivity contribution is 5.43. The Balaban J connectivity index is 1.60. The minimum atomic E-state index is 0.165. The standard InChI is InChI=1S/C18H22N2/c1-18(2,3)15-8-9-17(20-12-15)19-11-14-10-13-6-4-5-7-16(13)14/h4-9,12,14H,10-11H2,1-3H3,(H,19,20). The maximum Gasteiger partial charge on any atom is 0.125 e. The second kappa shape index (κ2) is 4.93. The van der Waals surface area contributed by atoms with Crippen molar-refractivity contribution < 1.29 is 0 Å². The van der Waals surface area contributed by atoms with Gasteiger partial charge in [0.05, 0.1) is 0 Å². The molecule has 0 bridgehead atoms. The zero-order valence-corrected chi connectivity index (χ0v) is 12.5. The molecule has 1 aliphatic carbocycles. The average Bonchev–Trinajstić information content (AvgIpc) is 2.39. The third kappa shape index (κ3) is 2.55. The molecule has 0 fully saturated rings. The first-order valence-corrected chi connectivity index (χ1v) is 7.32. The first kappa shape index (κ1) is 13.2. The quantitative estimate of drug-likeness (QED) is 0.903. The summed E-state index contributed by atoms with van der Waals surface area (Å²) in [7, 11) is 0. The molecule has 0 amide bonds. The van der Waals surface area contributed by atoms with Gasteiger partial charge in [-0.2, -0.15) is 0 Å². The Morgan fingerprint density at radius 3 is 2.60 bits per heavy atom. The van der Waals surface area contributed by atoms with Crippen LogP contribution in [0.15, 0.2) is 42.6 Å². The molecule has 1 atom stereocenters. The average molecular weight is 266 g/mol. The predicted octanol–water partition coefficient (Wildman–Crippen LogP) is 4.13. The van der Waals surface area contributed by atoms with Gasteiger partial charge in [-0.15, -0.1) is 0 Å². The summed E-state index contributed by atoms with van der Waals surface area (Å²) in [5, 5.41) is 3.46. The molecule has 1 unspecified atom stereocenters. The van der Waals surface area contributed by atoms with Gasteiger partial charge in [-0.05, 0) is 34.6 Å². The van der Waals surface area contributed by atoms with E-state index in [0.717, 1.165) is 12.4 Å². The minimum Gasteiger partial charge on any atom is -0.369 e. The molecule has 0 saturated heterocycles. The number of benzene rings is 1. The molecule has 0 spiro atoms. The molecular formula is C18H22N2. The van der Waals surface area contributed by atoms with Gasteiger partial charge >= 0.3 is 0 Å². The molecular weight excluding hydrogens is 244 g/mol. The second-order valence-corrected chi connectivity index (χ2v) is 6.66. The number of hydrogen-bond donors (Lipinski definition) is 1. The number of nitrogens with one attached hydrogen (secondary N) is 1. The van der Waals surface area contributed by atoms with Crippen LogP contribution in [0.4, 0.5) is 5.82 Å². The zero-order chi connectivity index (χ0) is 14.2. The maximum absolute atomic E-state index is 4.52. The van der Waals surface area contributed by atoms with Crippen molar-refractivity contribution in [1.29, 1.82) is 0 Å². The summed E-state index contributed by atoms with van der Waals surface area (Å²) in [6.45, 7) is 7.60. The van der Waals surface area contributed by atoms with E-state index in [4.69, 9.17) is 0 Å². The summed E-state index contributed by atoms with van der Waals surface area (Å²) in [5.41, 5.74) is 4.43. The third-order valence-corrected chi connectivity index (χ3v) is 4.12. The SMILES string of the molecule is CC(C)(C)c1ccc(NCC2Cc3ccccc32)nc1. The van der Waals surface area contributed by atoms with Gasteiger partial charge in [-0.1, -0.05) is 51.1 Å². The Labute approximate surface area is 121 Å². The summed E-state index contributed by atoms with van der Waals surface area (Å²) in [4.78, 5) is 4.52. The number of nitrogens with zero attached hydrogens (tertiary/aromatic N) is 1. The van der Waals surface area contributed by atoms with E-state index >= 15 is 0 Å². The fourth-order valence-corrected chi connectivity index (χ4v) is 2.71. The van der Waals surface area contributed by atoms with E-state index in [2.05, 4.69) is 67.5 Å². The lowest BCUT2D eigenvalue weighted by Gasteiger charge is -2.30. The van der Waals surface area contributed by atoms with Crippen LogP contribution >= 0.6 is 0 Å². The van der Waals surface area contributed by atoms with Gasteiger partial charge in [-0.3, -0.25) is 0 Å². The molecule has 1 aromatic carbocycles. The molecule has 0 radical (unpaired) electrons. The smallest absolute Gasteiger partial charge is 0.125 e. The van der Waals surface area contributed by atoms with Crippen molar-refractivity contribution in [3.63, 3.8) is 0 Å². The molecule has 104 valence electrons. The van der Waals surface area contributed by atoms with Gasteiger partial charge in [0, 0.05) is 18.7 Å². The van der Waals surface area contributed by atoms with Crippen LogP contribution in [-0.2, 0) is 11.8 Å². The van der Waals surface area contributed by atoms with E-state index in [1.807, 2.05) is 6.20 Å². The summed E-state index contributed by atoms with van der Waals surface area (Å²) in [6.07, 6.45) is 3.17. The van der Waals surface area contributed by atoms with Crippen molar-refractivity contribution >= 4 is 5.82 Å². The van der Waals surface area contributed by atoms with Crippen LogP contribution in [0, 0.1) is 0 Å². The topological polar surface area (TPSA) is 24.9 Å². The molecule has 0 aliphatic heterocycles. The van der Waals surface area contributed by atoms with Gasteiger partial charge in [0.1, 0.15) is 5.82 Å². The summed E-state index contributed by atoms with van der Waals surface area (Å²) in [6, 6.07) is 13.0. The normalized spacial score (nSPS) is 17.2. The van der Waals surface area contributed by atoms with Crippen molar-refractivity contribution in [2.45, 2.75) is 38.5 Å². The van der Waals surface area contributed by atoms with E-state index in [0.29, 0.717) is 5.92 Å². The Kier molecular flexibility index (Phi) is 3.25. The van der Waals surface area contributed by atoms with Gasteiger partial charge in [0.2, 0.25) is 0 Å². The van der Waals surface area contributed by atoms with Crippen LogP contribution in [0.3, 0.4) is 0 Å². The van der Waals surface area contributed by atoms with Crippen LogP contribution in [0.5, 0.6) is 0 Å². The predicted molar refractivity (Wildman–Crippen MR) is 84.3 cm³/mol. The van der Waals surface area contributed by atoms with Gasteiger partial charge < -0.3 is 5.32 Å². The van der Waals surface area contributed by atoms with E-state index in [-0.39, 0.29) is 5.41 Å². The van der Waals surface area contributed by atoms with Crippen molar-refractivity contribution in [2.75, 3.05) is 11.9 Å². The Hall–Kier alpha value is -1.83. The fraction of sp³-hybridized carbons (Fsp3) is 0.389. The van der Waals surface area contributed by atoms with E-state index < -0.39 is 0 Å². The number of fused-ring (bicyclic) bond motifs is 1. The number of pyridine rings is 1. The highest BCUT2D eigenvalue weighted by Crippen LogP contribution is 2.34. The Morgan fingerprint density at radius 2 is 1.95 bits per heavy atom. The van der Waals surface area contributed by atoms with Crippen LogP contribution in [0.2, 0.25) is 0 Å². The van der Waals surface area contributed by atoms with Gasteiger partial charge in [0.25, 0.3) is 0 Å². The highest BCUT2D eigenvalue weighted by atomic mass is 15.0. The Bertz CT molecular complexity index is 594. The molecule has 1 heterocycles. The molecule has 3 rings (SSSR count). The monoisotopic (exact) mass is 266 g/mol. The molecule has 1 aromatic heterocycles. The van der Waals surface area contributed by atoms with Crippen LogP contribution in [-0.4, -0.2) is 11.5 Å². The second-order valence-electron chi connectivity index (χ2n) is 6.66. The van der Waals surface area contributed by atoms with Crippen molar-refractivity contribution in [1.82, 2.24) is 4.98 Å². The van der Waals surface area contributed by atoms with Crippen molar-refractivity contribution in [3.8, 4) is 0 Å². The van der Waals surface area contributed by atoms with E-state index in [1.165, 1.54) is 23.1 Å². The van der Waals surface area contributed by atoms with Crippen LogP contribution in [0.1, 0.15) is 43.4 Å². The molecule has 2 heteroatoms. The highest BCUT2D eigenvalue weighted by Gasteiger charge is 2.24. The van der Waals surface area contributed by atoms with Crippen molar-refractivity contribution in [3.05, 3.63) is 59.3 Å². The molecule has 1 aliphatic rings. The van der Waals surface area contributed by atoms with Gasteiger partial charge in [0.15, 0.2) is 0 Å². The number of aromatic nitrogens is 1. The summed E-state index contributed by atoms with van der Waals surface area (Å²) >= 11 is 0. The maximum atomic E-state index is 4.52. The largest absolute Gasteiger partial charge is 0.369 e. The lowest BCUT2D eigenvalue weighted by Crippen LogP contribution is -2.24. The minimum absolute atomic E-state index is 0.165. The van der Waals surface area contributed by atoms with Crippen molar-refractivity contribution in [2.24, 2.45) is 0 Å². The van der Waals surface area contributed by atoms with Crippen LogP contribution in [0.25, 0.3) is 0 Å². The molecule has 2 nitrogen and oxygen atoms in total. The van der Waals surface area contributed by atoms with E-state index in [1.54, 1.807) is 0 Å². The zero-order valence-electron chi connectivity index (χ0n) is 12.5. The number of hydrogen-bond acceptors (Lipinski definition) is 2. The Morgan fingerprint density at radius 1 is 1.15 bits per heavy atom. The third-order valence-electron chi connectivity index (χ3n) is 4.12. The van der Waals surface area contributed by atoms with Crippen LogP contribution < -0.4 is 5.32 Å². The number of rotatable bonds is 3. The molecule has 20 heavy (non-hydrogen) atoms. The first-order chi connectivity index (χ1) is 9.54. The summed E-state index contributed by atoms with van der Waals surface area (Å²) < 4.78 is 0. The van der Waals surface area contributed by atoms with Gasteiger partial charge in [-0.25, -0.2) is 4.98 Å². The lowest BCUT2D eigenvalue weighted by atomic mass is 9.77. The first-order valence-electron chi connectivity index (χ1n) is 7.32.